The standard InChI is InChI=1S/C22H22F3N3O3/c23-22(24,25)19-8-7-17(14-26-19)15-3-5-16(6-4-15)20(29)27-9-11-28(12-10-27)21(30)18-2-1-13-31-18/h3-8,14,18H,1-2,9-13H2/t18-/m0/s1. The minimum Gasteiger partial charge on any atom is -0.368 e. The van der Waals surface area contributed by atoms with Crippen molar-refractivity contribution in [2.75, 3.05) is 32.8 Å². The monoisotopic (exact) mass is 433 g/mol. The van der Waals surface area contributed by atoms with Gasteiger partial charge in [0.25, 0.3) is 11.8 Å². The van der Waals surface area contributed by atoms with Gasteiger partial charge in [-0.25, -0.2) is 0 Å². The largest absolute Gasteiger partial charge is 0.433 e. The lowest BCUT2D eigenvalue weighted by Crippen LogP contribution is -2.52. The topological polar surface area (TPSA) is 62.7 Å². The van der Waals surface area contributed by atoms with Gasteiger partial charge in [-0.1, -0.05) is 18.2 Å². The highest BCUT2D eigenvalue weighted by molar-refractivity contribution is 5.95. The number of carbonyl (C=O) groups excluding carboxylic acids is 2. The van der Waals surface area contributed by atoms with E-state index in [2.05, 4.69) is 4.98 Å². The summed E-state index contributed by atoms with van der Waals surface area (Å²) < 4.78 is 43.4. The van der Waals surface area contributed by atoms with Gasteiger partial charge in [0.15, 0.2) is 0 Å². The number of rotatable bonds is 3. The molecule has 9 heteroatoms. The fraction of sp³-hybridized carbons (Fsp3) is 0.409. The van der Waals surface area contributed by atoms with Crippen LogP contribution >= 0.6 is 0 Å². The SMILES string of the molecule is O=C(c1ccc(-c2ccc(C(F)(F)F)nc2)cc1)N1CCN(C(=O)[C@@H]2CCCO2)CC1. The van der Waals surface area contributed by atoms with Crippen LogP contribution in [0.3, 0.4) is 0 Å². The van der Waals surface area contributed by atoms with Crippen LogP contribution in [0.4, 0.5) is 13.2 Å². The third kappa shape index (κ3) is 4.71. The van der Waals surface area contributed by atoms with E-state index in [0.717, 1.165) is 18.9 Å². The van der Waals surface area contributed by atoms with Crippen molar-refractivity contribution < 1.29 is 27.5 Å². The first-order valence-corrected chi connectivity index (χ1v) is 10.2. The Labute approximate surface area is 177 Å². The zero-order chi connectivity index (χ0) is 22.0. The summed E-state index contributed by atoms with van der Waals surface area (Å²) in [7, 11) is 0. The predicted molar refractivity (Wildman–Crippen MR) is 106 cm³/mol. The Balaban J connectivity index is 1.36. The highest BCUT2D eigenvalue weighted by Gasteiger charge is 2.32. The maximum Gasteiger partial charge on any atom is 0.433 e. The number of hydrogen-bond acceptors (Lipinski definition) is 4. The van der Waals surface area contributed by atoms with Gasteiger partial charge in [-0.05, 0) is 36.6 Å². The minimum absolute atomic E-state index is 0.000831. The molecule has 2 aliphatic rings. The van der Waals surface area contributed by atoms with Crippen LogP contribution in [-0.2, 0) is 15.7 Å². The average molecular weight is 433 g/mol. The number of nitrogens with zero attached hydrogens (tertiary/aromatic N) is 3. The Morgan fingerprint density at radius 3 is 2.13 bits per heavy atom. The quantitative estimate of drug-likeness (QED) is 0.746. The molecule has 6 nitrogen and oxygen atoms in total. The van der Waals surface area contributed by atoms with Crippen LogP contribution in [0.15, 0.2) is 42.6 Å². The van der Waals surface area contributed by atoms with Crippen molar-refractivity contribution >= 4 is 11.8 Å². The van der Waals surface area contributed by atoms with Crippen molar-refractivity contribution in [3.8, 4) is 11.1 Å². The normalized spacial score (nSPS) is 19.5. The maximum absolute atomic E-state index is 12.8. The zero-order valence-electron chi connectivity index (χ0n) is 16.8. The van der Waals surface area contributed by atoms with E-state index in [9.17, 15) is 22.8 Å². The van der Waals surface area contributed by atoms with Crippen molar-refractivity contribution in [1.82, 2.24) is 14.8 Å². The molecular formula is C22H22F3N3O3. The number of halogens is 3. The molecule has 1 aromatic carbocycles. The molecule has 4 rings (SSSR count). The van der Waals surface area contributed by atoms with Crippen molar-refractivity contribution in [3.05, 3.63) is 53.9 Å². The third-order valence-corrected chi connectivity index (χ3v) is 5.60. The van der Waals surface area contributed by atoms with Gasteiger partial charge in [0.05, 0.1) is 0 Å². The van der Waals surface area contributed by atoms with Crippen molar-refractivity contribution in [3.63, 3.8) is 0 Å². The van der Waals surface area contributed by atoms with Crippen LogP contribution in [-0.4, -0.2) is 65.5 Å². The van der Waals surface area contributed by atoms with E-state index in [0.29, 0.717) is 49.5 Å². The number of aromatic nitrogens is 1. The Bertz CT molecular complexity index is 931. The van der Waals surface area contributed by atoms with Crippen LogP contribution in [0.2, 0.25) is 0 Å². The summed E-state index contributed by atoms with van der Waals surface area (Å²) in [4.78, 5) is 32.1. The highest BCUT2D eigenvalue weighted by Crippen LogP contribution is 2.29. The van der Waals surface area contributed by atoms with E-state index in [1.54, 1.807) is 34.1 Å². The summed E-state index contributed by atoms with van der Waals surface area (Å²) in [6, 6.07) is 8.98. The van der Waals surface area contributed by atoms with E-state index >= 15 is 0 Å². The van der Waals surface area contributed by atoms with Gasteiger partial charge in [0.1, 0.15) is 11.8 Å². The van der Waals surface area contributed by atoms with Gasteiger partial charge < -0.3 is 14.5 Å². The number of benzene rings is 1. The van der Waals surface area contributed by atoms with Crippen molar-refractivity contribution in [2.24, 2.45) is 0 Å². The van der Waals surface area contributed by atoms with Crippen molar-refractivity contribution in [1.29, 1.82) is 0 Å². The Kier molecular flexibility index (Phi) is 5.95. The van der Waals surface area contributed by atoms with Gasteiger partial charge in [0, 0.05) is 50.1 Å². The van der Waals surface area contributed by atoms with E-state index in [1.165, 1.54) is 12.3 Å². The second-order valence-electron chi connectivity index (χ2n) is 7.63. The number of hydrogen-bond donors (Lipinski definition) is 0. The fourth-order valence-electron chi connectivity index (χ4n) is 3.83. The van der Waals surface area contributed by atoms with Crippen LogP contribution in [0, 0.1) is 0 Å². The molecule has 3 heterocycles. The Morgan fingerprint density at radius 1 is 0.935 bits per heavy atom. The first kappa shape index (κ1) is 21.3. The molecule has 0 saturated carbocycles. The van der Waals surface area contributed by atoms with Crippen molar-refractivity contribution in [2.45, 2.75) is 25.1 Å². The van der Waals surface area contributed by atoms with E-state index in [-0.39, 0.29) is 17.9 Å². The molecule has 0 spiro atoms. The molecule has 2 saturated heterocycles. The highest BCUT2D eigenvalue weighted by atomic mass is 19.4. The second kappa shape index (κ2) is 8.66. The summed E-state index contributed by atoms with van der Waals surface area (Å²) >= 11 is 0. The summed E-state index contributed by atoms with van der Waals surface area (Å²) in [6.45, 7) is 2.45. The lowest BCUT2D eigenvalue weighted by Gasteiger charge is -2.35. The molecule has 2 amide bonds. The molecule has 0 radical (unpaired) electrons. The Hall–Kier alpha value is -2.94. The molecule has 1 atom stereocenters. The molecule has 2 fully saturated rings. The number of alkyl halides is 3. The van der Waals surface area contributed by atoms with Gasteiger partial charge in [-0.2, -0.15) is 13.2 Å². The second-order valence-corrected chi connectivity index (χ2v) is 7.63. The van der Waals surface area contributed by atoms with Gasteiger partial charge >= 0.3 is 6.18 Å². The van der Waals surface area contributed by atoms with Gasteiger partial charge in [0.2, 0.25) is 0 Å². The van der Waals surface area contributed by atoms with Crippen LogP contribution in [0.25, 0.3) is 11.1 Å². The Morgan fingerprint density at radius 2 is 1.58 bits per heavy atom. The van der Waals surface area contributed by atoms with Gasteiger partial charge in [-0.15, -0.1) is 0 Å². The fourth-order valence-corrected chi connectivity index (χ4v) is 3.83. The molecule has 31 heavy (non-hydrogen) atoms. The molecule has 2 aliphatic heterocycles. The maximum atomic E-state index is 12.8. The molecule has 1 aromatic heterocycles. The van der Waals surface area contributed by atoms with E-state index < -0.39 is 11.9 Å². The molecule has 0 bridgehead atoms. The van der Waals surface area contributed by atoms with E-state index in [4.69, 9.17) is 4.74 Å². The average Bonchev–Trinajstić information content (AvgIpc) is 3.33. The van der Waals surface area contributed by atoms with Crippen LogP contribution < -0.4 is 0 Å². The third-order valence-electron chi connectivity index (χ3n) is 5.60. The summed E-state index contributed by atoms with van der Waals surface area (Å²) in [6.07, 6.45) is -2.02. The zero-order valence-corrected chi connectivity index (χ0v) is 16.8. The first-order chi connectivity index (χ1) is 14.8. The predicted octanol–water partition coefficient (Wildman–Crippen LogP) is 3.23. The number of amides is 2. The number of pyridine rings is 1. The van der Waals surface area contributed by atoms with Crippen LogP contribution in [0.1, 0.15) is 28.9 Å². The molecule has 0 unspecified atom stereocenters. The van der Waals surface area contributed by atoms with E-state index in [1.807, 2.05) is 0 Å². The van der Waals surface area contributed by atoms with Gasteiger partial charge in [-0.3, -0.25) is 14.6 Å². The lowest BCUT2D eigenvalue weighted by atomic mass is 10.0. The lowest BCUT2D eigenvalue weighted by molar-refractivity contribution is -0.142. The summed E-state index contributed by atoms with van der Waals surface area (Å²) in [5.74, 6) is -0.139. The smallest absolute Gasteiger partial charge is 0.368 e. The minimum atomic E-state index is -4.48. The molecule has 0 aliphatic carbocycles. The number of ether oxygens (including phenoxy) is 1. The number of carbonyl (C=O) groups is 2. The number of piperazine rings is 1. The summed E-state index contributed by atoms with van der Waals surface area (Å²) in [5, 5.41) is 0. The summed E-state index contributed by atoms with van der Waals surface area (Å²) in [5.41, 5.74) is 0.751. The first-order valence-electron chi connectivity index (χ1n) is 10.2. The molecule has 0 N–H and O–H groups in total. The molecule has 2 aromatic rings. The molecular weight excluding hydrogens is 411 g/mol. The van der Waals surface area contributed by atoms with Crippen LogP contribution in [0.5, 0.6) is 0 Å². The molecule has 164 valence electrons.